The van der Waals surface area contributed by atoms with Crippen LogP contribution in [0.3, 0.4) is 0 Å². The molecule has 7 rings (SSSR count). The van der Waals surface area contributed by atoms with Crippen molar-refractivity contribution in [1.82, 2.24) is 29.4 Å². The van der Waals surface area contributed by atoms with Crippen LogP contribution < -0.4 is 0 Å². The molecule has 4 heterocycles. The molecule has 0 radical (unpaired) electrons. The predicted octanol–water partition coefficient (Wildman–Crippen LogP) is 4.49. The minimum atomic E-state index is -0.238. The maximum absolute atomic E-state index is 13.8. The van der Waals surface area contributed by atoms with Gasteiger partial charge < -0.3 is 19.8 Å². The molecule has 0 spiro atoms. The lowest BCUT2D eigenvalue weighted by Gasteiger charge is -2.46. The van der Waals surface area contributed by atoms with Crippen LogP contribution in [0.2, 0.25) is 0 Å². The van der Waals surface area contributed by atoms with Gasteiger partial charge in [0.2, 0.25) is 0 Å². The second-order valence-electron chi connectivity index (χ2n) is 12.8. The lowest BCUT2D eigenvalue weighted by atomic mass is 9.79. The van der Waals surface area contributed by atoms with Crippen LogP contribution in [0.5, 0.6) is 5.75 Å². The zero-order valence-electron chi connectivity index (χ0n) is 26.2. The molecule has 0 unspecified atom stereocenters. The molecule has 1 N–H and O–H groups in total. The van der Waals surface area contributed by atoms with Crippen molar-refractivity contribution in [1.29, 1.82) is 0 Å². The van der Waals surface area contributed by atoms with Gasteiger partial charge in [-0.15, -0.1) is 11.3 Å². The summed E-state index contributed by atoms with van der Waals surface area (Å²) < 4.78 is 1.92. The van der Waals surface area contributed by atoms with E-state index in [-0.39, 0.29) is 23.1 Å². The smallest absolute Gasteiger partial charge is 0.274 e. The normalized spacial score (nSPS) is 18.1. The number of carbonyl (C=O) groups excluding carboxylic acids is 2. The van der Waals surface area contributed by atoms with E-state index in [1.807, 2.05) is 50.9 Å². The van der Waals surface area contributed by atoms with Crippen LogP contribution in [0.15, 0.2) is 60.0 Å². The van der Waals surface area contributed by atoms with E-state index in [1.165, 1.54) is 4.88 Å². The first kappa shape index (κ1) is 29.7. The van der Waals surface area contributed by atoms with Crippen molar-refractivity contribution in [2.45, 2.75) is 31.2 Å². The molecule has 0 saturated carbocycles. The van der Waals surface area contributed by atoms with Crippen LogP contribution in [0.4, 0.5) is 0 Å². The van der Waals surface area contributed by atoms with Crippen LogP contribution in [-0.4, -0.2) is 107 Å². The van der Waals surface area contributed by atoms with E-state index in [0.717, 1.165) is 66.8 Å². The van der Waals surface area contributed by atoms with Crippen molar-refractivity contribution in [3.63, 3.8) is 0 Å². The first-order valence-electron chi connectivity index (χ1n) is 15.8. The van der Waals surface area contributed by atoms with Gasteiger partial charge in [0.05, 0.1) is 11.4 Å². The van der Waals surface area contributed by atoms with E-state index in [2.05, 4.69) is 48.5 Å². The summed E-state index contributed by atoms with van der Waals surface area (Å²) in [5, 5.41) is 17.2. The molecule has 4 aromatic rings. The minimum absolute atomic E-state index is 0.00758. The number of piperidine rings is 1. The summed E-state index contributed by atoms with van der Waals surface area (Å²) >= 11 is 1.75. The number of aryl methyl sites for hydroxylation is 1. The number of amides is 2. The summed E-state index contributed by atoms with van der Waals surface area (Å²) in [5.74, 6) is 0.281. The summed E-state index contributed by atoms with van der Waals surface area (Å²) in [6.45, 7) is 4.39. The van der Waals surface area contributed by atoms with Crippen molar-refractivity contribution < 1.29 is 14.7 Å². The molecular formula is C35H40N6O3S. The number of phenols is 1. The van der Waals surface area contributed by atoms with E-state index in [9.17, 15) is 14.7 Å². The average Bonchev–Trinajstić information content (AvgIpc) is 3.70. The lowest BCUT2D eigenvalue weighted by Crippen LogP contribution is -2.51. The van der Waals surface area contributed by atoms with E-state index < -0.39 is 0 Å². The van der Waals surface area contributed by atoms with Gasteiger partial charge in [-0.1, -0.05) is 12.1 Å². The van der Waals surface area contributed by atoms with Crippen LogP contribution in [0.25, 0.3) is 16.9 Å². The zero-order chi connectivity index (χ0) is 31.3. The van der Waals surface area contributed by atoms with Gasteiger partial charge in [-0.25, -0.2) is 4.68 Å². The molecule has 2 aromatic carbocycles. The Morgan fingerprint density at radius 2 is 1.60 bits per heavy atom. The van der Waals surface area contributed by atoms with E-state index >= 15 is 0 Å². The van der Waals surface area contributed by atoms with Gasteiger partial charge in [-0.05, 0) is 100 Å². The molecule has 10 heteroatoms. The molecule has 2 fully saturated rings. The first-order valence-corrected chi connectivity index (χ1v) is 16.7. The number of benzene rings is 2. The molecule has 3 aliphatic rings. The SMILES string of the molecule is CN1CCN(C(=O)c2nn(-c3ccc(C(=O)N4CCC(c5cccc(O)c5)(N(C)C)CC4)cc3)c3c2CCc2sccc2-3)CC1. The fourth-order valence-electron chi connectivity index (χ4n) is 7.26. The van der Waals surface area contributed by atoms with Crippen molar-refractivity contribution in [2.24, 2.45) is 0 Å². The number of phenolic OH excluding ortho intramolecular Hbond substituents is 1. The molecule has 9 nitrogen and oxygen atoms in total. The molecule has 2 saturated heterocycles. The lowest BCUT2D eigenvalue weighted by molar-refractivity contribution is 0.0410. The Labute approximate surface area is 268 Å². The molecule has 45 heavy (non-hydrogen) atoms. The number of hydrogen-bond acceptors (Lipinski definition) is 7. The number of thiophene rings is 1. The van der Waals surface area contributed by atoms with E-state index in [4.69, 9.17) is 5.10 Å². The van der Waals surface area contributed by atoms with Crippen molar-refractivity contribution in [3.8, 4) is 22.7 Å². The molecule has 0 atom stereocenters. The number of rotatable bonds is 5. The van der Waals surface area contributed by atoms with Crippen LogP contribution >= 0.6 is 11.3 Å². The van der Waals surface area contributed by atoms with Gasteiger partial charge in [0.1, 0.15) is 5.75 Å². The largest absolute Gasteiger partial charge is 0.508 e. The second kappa shape index (κ2) is 11.7. The van der Waals surface area contributed by atoms with Crippen LogP contribution in [0, 0.1) is 0 Å². The topological polar surface area (TPSA) is 85.1 Å². The third-order valence-electron chi connectivity index (χ3n) is 10.1. The maximum atomic E-state index is 13.8. The van der Waals surface area contributed by atoms with Gasteiger partial charge in [-0.3, -0.25) is 14.5 Å². The maximum Gasteiger partial charge on any atom is 0.274 e. The Bertz CT molecular complexity index is 1730. The molecular weight excluding hydrogens is 584 g/mol. The van der Waals surface area contributed by atoms with Crippen LogP contribution in [0.1, 0.15) is 49.7 Å². The van der Waals surface area contributed by atoms with E-state index in [1.54, 1.807) is 17.4 Å². The molecule has 2 amide bonds. The number of piperazine rings is 1. The zero-order valence-corrected chi connectivity index (χ0v) is 27.0. The van der Waals surface area contributed by atoms with Gasteiger partial charge in [0, 0.05) is 66.4 Å². The monoisotopic (exact) mass is 624 g/mol. The third kappa shape index (κ3) is 5.24. The van der Waals surface area contributed by atoms with E-state index in [0.29, 0.717) is 37.4 Å². The predicted molar refractivity (Wildman–Crippen MR) is 176 cm³/mol. The summed E-state index contributed by atoms with van der Waals surface area (Å²) in [4.78, 5) is 37.1. The van der Waals surface area contributed by atoms with Crippen molar-refractivity contribution >= 4 is 23.2 Å². The fraction of sp³-hybridized carbons (Fsp3) is 0.400. The summed E-state index contributed by atoms with van der Waals surface area (Å²) in [7, 11) is 6.22. The minimum Gasteiger partial charge on any atom is -0.508 e. The Hall–Kier alpha value is -3.99. The Balaban J connectivity index is 1.14. The number of carbonyl (C=O) groups is 2. The Morgan fingerprint density at radius 1 is 0.889 bits per heavy atom. The van der Waals surface area contributed by atoms with Crippen molar-refractivity contribution in [2.75, 3.05) is 60.4 Å². The van der Waals surface area contributed by atoms with Gasteiger partial charge >= 0.3 is 0 Å². The van der Waals surface area contributed by atoms with Crippen molar-refractivity contribution in [3.05, 3.63) is 87.2 Å². The molecule has 234 valence electrons. The number of likely N-dealkylation sites (N-methyl/N-ethyl adjacent to an activating group) is 1. The second-order valence-corrected chi connectivity index (χ2v) is 13.8. The Kier molecular flexibility index (Phi) is 7.75. The fourth-order valence-corrected chi connectivity index (χ4v) is 8.14. The molecule has 1 aliphatic carbocycles. The summed E-state index contributed by atoms with van der Waals surface area (Å²) in [6, 6.07) is 17.3. The number of hydrogen-bond donors (Lipinski definition) is 1. The quantitative estimate of drug-likeness (QED) is 0.353. The highest BCUT2D eigenvalue weighted by Gasteiger charge is 2.40. The summed E-state index contributed by atoms with van der Waals surface area (Å²) in [6.07, 6.45) is 3.26. The van der Waals surface area contributed by atoms with Gasteiger partial charge in [0.25, 0.3) is 11.8 Å². The number of likely N-dealkylation sites (tertiary alicyclic amines) is 1. The average molecular weight is 625 g/mol. The highest BCUT2D eigenvalue weighted by molar-refractivity contribution is 7.10. The number of fused-ring (bicyclic) bond motifs is 3. The standard InChI is InChI=1S/C35H40N6O3S/c1-37(2)35(25-5-4-6-27(42)23-25)14-16-39(17-15-35)33(43)24-7-9-26(10-8-24)41-32-28-13-22-45-30(28)12-11-29(32)31(36-41)34(44)40-20-18-38(3)19-21-40/h4-10,13,22-23,42H,11-12,14-21H2,1-3H3. The third-order valence-corrected chi connectivity index (χ3v) is 11.0. The highest BCUT2D eigenvalue weighted by Crippen LogP contribution is 2.41. The number of aromatic nitrogens is 2. The molecule has 2 aromatic heterocycles. The summed E-state index contributed by atoms with van der Waals surface area (Å²) in [5.41, 5.74) is 6.04. The molecule has 0 bridgehead atoms. The van der Waals surface area contributed by atoms with Crippen LogP contribution in [-0.2, 0) is 18.4 Å². The molecule has 2 aliphatic heterocycles. The number of nitrogens with zero attached hydrogens (tertiary/aromatic N) is 6. The first-order chi connectivity index (χ1) is 21.7. The van der Waals surface area contributed by atoms with Gasteiger partial charge in [-0.2, -0.15) is 5.10 Å². The number of aromatic hydroxyl groups is 1. The Morgan fingerprint density at radius 3 is 2.29 bits per heavy atom. The van der Waals surface area contributed by atoms with Gasteiger partial charge in [0.15, 0.2) is 5.69 Å². The highest BCUT2D eigenvalue weighted by atomic mass is 32.1.